The molecule has 0 saturated carbocycles. The molecule has 29 heavy (non-hydrogen) atoms. The van der Waals surface area contributed by atoms with Crippen LogP contribution in [-0.4, -0.2) is 41.4 Å². The first-order valence-corrected chi connectivity index (χ1v) is 9.46. The molecule has 1 saturated heterocycles. The van der Waals surface area contributed by atoms with Crippen LogP contribution in [0.4, 0.5) is 5.69 Å². The average Bonchev–Trinajstić information content (AvgIpc) is 3.27. The van der Waals surface area contributed by atoms with Crippen molar-refractivity contribution in [3.63, 3.8) is 0 Å². The zero-order valence-electron chi connectivity index (χ0n) is 16.1. The second-order valence-electron chi connectivity index (χ2n) is 6.64. The molecule has 0 aliphatic carbocycles. The molecule has 3 rings (SSSR count). The van der Waals surface area contributed by atoms with Gasteiger partial charge in [0, 0.05) is 24.7 Å². The second-order valence-corrected chi connectivity index (χ2v) is 6.64. The molecule has 0 spiro atoms. The van der Waals surface area contributed by atoms with Crippen LogP contribution in [0.3, 0.4) is 0 Å². The molecule has 2 aromatic carbocycles. The van der Waals surface area contributed by atoms with E-state index < -0.39 is 10.9 Å². The number of nitro groups is 1. The van der Waals surface area contributed by atoms with Crippen molar-refractivity contribution in [1.82, 2.24) is 4.90 Å². The van der Waals surface area contributed by atoms with E-state index in [4.69, 9.17) is 9.47 Å². The fourth-order valence-electron chi connectivity index (χ4n) is 3.14. The van der Waals surface area contributed by atoms with Gasteiger partial charge in [-0.05, 0) is 49.6 Å². The molecule has 0 unspecified atom stereocenters. The standard InChI is InChI=1S/C21H22N2O6/c1-2-28-19-10-9-17(13-18(19)23(26)27)21(25)29-14-15-5-7-16(8-6-15)20(24)22-11-3-4-12-22/h5-10,13H,2-4,11-12,14H2,1H3. The Hall–Kier alpha value is -3.42. The van der Waals surface area contributed by atoms with E-state index in [1.807, 2.05) is 4.90 Å². The van der Waals surface area contributed by atoms with E-state index in [1.165, 1.54) is 12.1 Å². The van der Waals surface area contributed by atoms with Gasteiger partial charge in [-0.25, -0.2) is 4.79 Å². The third-order valence-electron chi connectivity index (χ3n) is 4.66. The van der Waals surface area contributed by atoms with Gasteiger partial charge in [0.2, 0.25) is 0 Å². The Morgan fingerprint density at radius 3 is 2.34 bits per heavy atom. The predicted molar refractivity (Wildman–Crippen MR) is 105 cm³/mol. The van der Waals surface area contributed by atoms with Crippen LogP contribution in [0.5, 0.6) is 5.75 Å². The number of carbonyl (C=O) groups is 2. The van der Waals surface area contributed by atoms with E-state index in [1.54, 1.807) is 31.2 Å². The van der Waals surface area contributed by atoms with Crippen molar-refractivity contribution < 1.29 is 24.0 Å². The van der Waals surface area contributed by atoms with Crippen LogP contribution < -0.4 is 4.74 Å². The first-order chi connectivity index (χ1) is 14.0. The smallest absolute Gasteiger partial charge is 0.338 e. The molecule has 1 aliphatic heterocycles. The third-order valence-corrected chi connectivity index (χ3v) is 4.66. The molecule has 0 N–H and O–H groups in total. The highest BCUT2D eigenvalue weighted by Gasteiger charge is 2.20. The van der Waals surface area contributed by atoms with E-state index in [0.29, 0.717) is 5.56 Å². The molecule has 0 aromatic heterocycles. The van der Waals surface area contributed by atoms with Crippen LogP contribution in [0.2, 0.25) is 0 Å². The second kappa shape index (κ2) is 9.18. The summed E-state index contributed by atoms with van der Waals surface area (Å²) in [5, 5.41) is 11.2. The molecular weight excluding hydrogens is 376 g/mol. The van der Waals surface area contributed by atoms with E-state index in [0.717, 1.165) is 37.6 Å². The SMILES string of the molecule is CCOc1ccc(C(=O)OCc2ccc(C(=O)N3CCCC3)cc2)cc1[N+](=O)[O-]. The van der Waals surface area contributed by atoms with E-state index in [2.05, 4.69) is 0 Å². The van der Waals surface area contributed by atoms with Crippen LogP contribution in [-0.2, 0) is 11.3 Å². The molecule has 0 atom stereocenters. The minimum absolute atomic E-state index is 0.00196. The van der Waals surface area contributed by atoms with Gasteiger partial charge in [-0.2, -0.15) is 0 Å². The monoisotopic (exact) mass is 398 g/mol. The molecule has 0 radical (unpaired) electrons. The number of hydrogen-bond acceptors (Lipinski definition) is 6. The minimum Gasteiger partial charge on any atom is -0.487 e. The normalized spacial score (nSPS) is 13.2. The van der Waals surface area contributed by atoms with E-state index in [-0.39, 0.29) is 36.1 Å². The molecule has 152 valence electrons. The lowest BCUT2D eigenvalue weighted by atomic mass is 10.1. The summed E-state index contributed by atoms with van der Waals surface area (Å²) in [6, 6.07) is 10.9. The number of hydrogen-bond donors (Lipinski definition) is 0. The van der Waals surface area contributed by atoms with Gasteiger partial charge in [-0.15, -0.1) is 0 Å². The first kappa shape index (κ1) is 20.3. The van der Waals surface area contributed by atoms with Gasteiger partial charge >= 0.3 is 11.7 Å². The average molecular weight is 398 g/mol. The predicted octanol–water partition coefficient (Wildman–Crippen LogP) is 3.59. The van der Waals surface area contributed by atoms with Crippen molar-refractivity contribution >= 4 is 17.6 Å². The summed E-state index contributed by atoms with van der Waals surface area (Å²) in [6.07, 6.45) is 2.06. The summed E-state index contributed by atoms with van der Waals surface area (Å²) in [7, 11) is 0. The fraction of sp³-hybridized carbons (Fsp3) is 0.333. The van der Waals surface area contributed by atoms with E-state index in [9.17, 15) is 19.7 Å². The lowest BCUT2D eigenvalue weighted by Gasteiger charge is -2.15. The van der Waals surface area contributed by atoms with Crippen molar-refractivity contribution in [1.29, 1.82) is 0 Å². The minimum atomic E-state index is -0.673. The maximum Gasteiger partial charge on any atom is 0.338 e. The van der Waals surface area contributed by atoms with Crippen LogP contribution in [0.25, 0.3) is 0 Å². The molecule has 8 heteroatoms. The van der Waals surface area contributed by atoms with Crippen LogP contribution in [0.1, 0.15) is 46.0 Å². The van der Waals surface area contributed by atoms with Gasteiger partial charge in [0.25, 0.3) is 5.91 Å². The largest absolute Gasteiger partial charge is 0.487 e. The highest BCUT2D eigenvalue weighted by atomic mass is 16.6. The lowest BCUT2D eigenvalue weighted by Crippen LogP contribution is -2.27. The number of amides is 1. The first-order valence-electron chi connectivity index (χ1n) is 9.46. The van der Waals surface area contributed by atoms with Crippen molar-refractivity contribution in [2.24, 2.45) is 0 Å². The summed E-state index contributed by atoms with van der Waals surface area (Å²) in [6.45, 7) is 3.56. The molecule has 0 bridgehead atoms. The maximum absolute atomic E-state index is 12.3. The van der Waals surface area contributed by atoms with Crippen molar-refractivity contribution in [3.05, 3.63) is 69.3 Å². The Kier molecular flexibility index (Phi) is 6.43. The topological polar surface area (TPSA) is 99.0 Å². The summed E-state index contributed by atoms with van der Waals surface area (Å²) in [5.41, 5.74) is 1.10. The fourth-order valence-corrected chi connectivity index (χ4v) is 3.14. The van der Waals surface area contributed by atoms with Crippen LogP contribution in [0, 0.1) is 10.1 Å². The molecule has 1 heterocycles. The summed E-state index contributed by atoms with van der Waals surface area (Å²) >= 11 is 0. The Balaban J connectivity index is 1.62. The number of nitro benzene ring substituents is 1. The number of rotatable bonds is 7. The molecule has 1 aliphatic rings. The number of ether oxygens (including phenoxy) is 2. The van der Waals surface area contributed by atoms with Crippen molar-refractivity contribution in [2.45, 2.75) is 26.4 Å². The summed E-state index contributed by atoms with van der Waals surface area (Å²) in [4.78, 5) is 37.0. The molecule has 8 nitrogen and oxygen atoms in total. The number of nitrogens with zero attached hydrogens (tertiary/aromatic N) is 2. The van der Waals surface area contributed by atoms with Crippen molar-refractivity contribution in [3.8, 4) is 5.75 Å². The Morgan fingerprint density at radius 1 is 1.07 bits per heavy atom. The number of likely N-dealkylation sites (tertiary alicyclic amines) is 1. The van der Waals surface area contributed by atoms with Gasteiger partial charge in [0.05, 0.1) is 17.1 Å². The van der Waals surface area contributed by atoms with E-state index >= 15 is 0 Å². The molecule has 1 fully saturated rings. The zero-order chi connectivity index (χ0) is 20.8. The zero-order valence-corrected chi connectivity index (χ0v) is 16.1. The number of esters is 1. The lowest BCUT2D eigenvalue weighted by molar-refractivity contribution is -0.385. The summed E-state index contributed by atoms with van der Waals surface area (Å²) in [5.74, 6) is -0.562. The van der Waals surface area contributed by atoms with Gasteiger partial charge in [-0.1, -0.05) is 12.1 Å². The van der Waals surface area contributed by atoms with Gasteiger partial charge in [0.15, 0.2) is 5.75 Å². The van der Waals surface area contributed by atoms with Gasteiger partial charge in [-0.3, -0.25) is 14.9 Å². The van der Waals surface area contributed by atoms with Gasteiger partial charge < -0.3 is 14.4 Å². The number of carbonyl (C=O) groups excluding carboxylic acids is 2. The highest BCUT2D eigenvalue weighted by Crippen LogP contribution is 2.28. The van der Waals surface area contributed by atoms with Crippen LogP contribution in [0.15, 0.2) is 42.5 Å². The Bertz CT molecular complexity index is 904. The molecule has 2 aromatic rings. The molecular formula is C21H22N2O6. The highest BCUT2D eigenvalue weighted by molar-refractivity contribution is 5.94. The Morgan fingerprint density at radius 2 is 1.72 bits per heavy atom. The van der Waals surface area contributed by atoms with Crippen LogP contribution >= 0.6 is 0 Å². The van der Waals surface area contributed by atoms with Crippen molar-refractivity contribution in [2.75, 3.05) is 19.7 Å². The third kappa shape index (κ3) is 4.90. The maximum atomic E-state index is 12.3. The number of benzene rings is 2. The quantitative estimate of drug-likeness (QED) is 0.402. The van der Waals surface area contributed by atoms with Gasteiger partial charge in [0.1, 0.15) is 6.61 Å². The summed E-state index contributed by atoms with van der Waals surface area (Å²) < 4.78 is 10.5. The Labute approximate surface area is 168 Å². The molecule has 1 amide bonds.